The van der Waals surface area contributed by atoms with Crippen molar-refractivity contribution in [3.63, 3.8) is 0 Å². The first-order valence-corrected chi connectivity index (χ1v) is 15.3. The topological polar surface area (TPSA) is 101 Å². The van der Waals surface area contributed by atoms with Crippen LogP contribution in [0.1, 0.15) is 105 Å². The third kappa shape index (κ3) is 5.11. The second-order valence-corrected chi connectivity index (χ2v) is 14.8. The maximum Gasteiger partial charge on any atom is 0.200 e. The van der Waals surface area contributed by atoms with Crippen molar-refractivity contribution in [1.82, 2.24) is 0 Å². The Labute approximate surface area is 256 Å². The molecule has 2 fully saturated rings. The molecule has 1 saturated heterocycles. The van der Waals surface area contributed by atoms with Crippen molar-refractivity contribution < 1.29 is 29.3 Å². The normalized spacial score (nSPS) is 28.8. The molecule has 232 valence electrons. The number of rotatable bonds is 7. The minimum Gasteiger partial charge on any atom is -0.504 e. The predicted molar refractivity (Wildman–Crippen MR) is 169 cm³/mol. The Balaban J connectivity index is 2.12. The van der Waals surface area contributed by atoms with Gasteiger partial charge in [0, 0.05) is 11.5 Å². The standard InChI is InChI=1S/C37H48O6/c1-21(2)11-13-25-19-36-20-26(17-23(5)6)35(9,10)43-32(36)29(30(40)24-12-14-27(38)28(39)18-24)31(41)37(33(36)42,34(25,7)8)16-15-22(3)4/h11-12,14-15,17-18,25-26,38-39H,13,16,19-20H2,1-10H3. The van der Waals surface area contributed by atoms with Gasteiger partial charge in [-0.3, -0.25) is 14.4 Å². The molecule has 2 aliphatic carbocycles. The zero-order chi connectivity index (χ0) is 32.3. The fraction of sp³-hybridized carbons (Fsp3) is 0.541. The molecule has 1 aromatic carbocycles. The first-order chi connectivity index (χ1) is 19.8. The van der Waals surface area contributed by atoms with E-state index in [2.05, 4.69) is 26.0 Å². The average Bonchev–Trinajstić information content (AvgIpc) is 2.88. The molecule has 1 saturated carbocycles. The van der Waals surface area contributed by atoms with Crippen molar-refractivity contribution in [2.75, 3.05) is 0 Å². The number of carbonyl (C=O) groups excluding carboxylic acids is 3. The van der Waals surface area contributed by atoms with Crippen molar-refractivity contribution >= 4 is 17.3 Å². The van der Waals surface area contributed by atoms with Crippen LogP contribution >= 0.6 is 0 Å². The first-order valence-electron chi connectivity index (χ1n) is 15.3. The number of fused-ring (bicyclic) bond motifs is 1. The number of ketones is 3. The Morgan fingerprint density at radius 1 is 0.907 bits per heavy atom. The summed E-state index contributed by atoms with van der Waals surface area (Å²) >= 11 is 0. The zero-order valence-corrected chi connectivity index (χ0v) is 27.5. The molecule has 2 N–H and O–H groups in total. The molecule has 4 atom stereocenters. The van der Waals surface area contributed by atoms with Gasteiger partial charge in [0.25, 0.3) is 0 Å². The van der Waals surface area contributed by atoms with Gasteiger partial charge in [-0.2, -0.15) is 0 Å². The molecule has 1 aromatic rings. The van der Waals surface area contributed by atoms with Gasteiger partial charge in [-0.25, -0.2) is 0 Å². The van der Waals surface area contributed by atoms with E-state index in [-0.39, 0.29) is 46.7 Å². The number of hydrogen-bond donors (Lipinski definition) is 2. The lowest BCUT2D eigenvalue weighted by atomic mass is 9.39. The molecule has 6 heteroatoms. The molecule has 0 radical (unpaired) electrons. The predicted octanol–water partition coefficient (Wildman–Crippen LogP) is 8.20. The Bertz CT molecular complexity index is 1490. The Morgan fingerprint density at radius 2 is 1.53 bits per heavy atom. The number of phenols is 2. The third-order valence-corrected chi connectivity index (χ3v) is 10.3. The SMILES string of the molecule is CC(C)=CCC1CC23CC(C=C(C)C)C(C)(C)OC2=C(C(=O)c2ccc(O)c(O)c2)C(=O)C(CC=C(C)C)(C3=O)C1(C)C. The van der Waals surface area contributed by atoms with Crippen LogP contribution < -0.4 is 0 Å². The minimum atomic E-state index is -1.49. The van der Waals surface area contributed by atoms with Gasteiger partial charge in [-0.1, -0.05) is 48.8 Å². The van der Waals surface area contributed by atoms with Crippen LogP contribution in [-0.4, -0.2) is 33.2 Å². The highest BCUT2D eigenvalue weighted by molar-refractivity contribution is 6.35. The first kappa shape index (κ1) is 32.5. The summed E-state index contributed by atoms with van der Waals surface area (Å²) in [6, 6.07) is 3.79. The van der Waals surface area contributed by atoms with E-state index in [1.807, 2.05) is 61.5 Å². The maximum absolute atomic E-state index is 15.3. The Kier molecular flexibility index (Phi) is 8.27. The van der Waals surface area contributed by atoms with Gasteiger partial charge in [-0.05, 0) is 111 Å². The number of benzene rings is 1. The highest BCUT2D eigenvalue weighted by Crippen LogP contribution is 2.69. The smallest absolute Gasteiger partial charge is 0.200 e. The van der Waals surface area contributed by atoms with Crippen molar-refractivity contribution in [3.05, 3.63) is 70.0 Å². The fourth-order valence-corrected chi connectivity index (χ4v) is 7.58. The highest BCUT2D eigenvalue weighted by Gasteiger charge is 2.74. The number of aromatic hydroxyl groups is 2. The van der Waals surface area contributed by atoms with E-state index < -0.39 is 39.2 Å². The van der Waals surface area contributed by atoms with Gasteiger partial charge in [0.1, 0.15) is 22.3 Å². The van der Waals surface area contributed by atoms with Crippen LogP contribution in [0.15, 0.2) is 64.5 Å². The van der Waals surface area contributed by atoms with E-state index in [1.54, 1.807) is 0 Å². The van der Waals surface area contributed by atoms with Crippen LogP contribution in [0.3, 0.4) is 0 Å². The monoisotopic (exact) mass is 588 g/mol. The van der Waals surface area contributed by atoms with Crippen molar-refractivity contribution in [1.29, 1.82) is 0 Å². The van der Waals surface area contributed by atoms with E-state index in [9.17, 15) is 15.0 Å². The van der Waals surface area contributed by atoms with Crippen LogP contribution in [-0.2, 0) is 14.3 Å². The van der Waals surface area contributed by atoms with Crippen LogP contribution in [0.25, 0.3) is 0 Å². The molecule has 4 rings (SSSR count). The van der Waals surface area contributed by atoms with Gasteiger partial charge in [0.15, 0.2) is 28.8 Å². The number of Topliss-reactive ketones (excluding diaryl/α,β-unsaturated/α-hetero) is 3. The number of allylic oxidation sites excluding steroid dienone is 7. The molecule has 0 aromatic heterocycles. The van der Waals surface area contributed by atoms with E-state index in [1.165, 1.54) is 23.8 Å². The van der Waals surface area contributed by atoms with Crippen LogP contribution in [0.4, 0.5) is 0 Å². The summed E-state index contributed by atoms with van der Waals surface area (Å²) in [5, 5.41) is 20.2. The molecule has 1 heterocycles. The largest absolute Gasteiger partial charge is 0.504 e. The summed E-state index contributed by atoms with van der Waals surface area (Å²) in [5.74, 6) is -2.07. The highest BCUT2D eigenvalue weighted by atomic mass is 16.5. The van der Waals surface area contributed by atoms with Crippen LogP contribution in [0, 0.1) is 28.1 Å². The van der Waals surface area contributed by atoms with Gasteiger partial charge >= 0.3 is 0 Å². The van der Waals surface area contributed by atoms with E-state index in [4.69, 9.17) is 4.74 Å². The summed E-state index contributed by atoms with van der Waals surface area (Å²) in [6.45, 7) is 20.0. The molecule has 43 heavy (non-hydrogen) atoms. The quantitative estimate of drug-likeness (QED) is 0.109. The summed E-state index contributed by atoms with van der Waals surface area (Å²) in [7, 11) is 0. The number of hydrogen-bond acceptors (Lipinski definition) is 6. The maximum atomic E-state index is 15.3. The lowest BCUT2D eigenvalue weighted by molar-refractivity contribution is -0.186. The van der Waals surface area contributed by atoms with Crippen molar-refractivity contribution in [2.24, 2.45) is 28.1 Å². The summed E-state index contributed by atoms with van der Waals surface area (Å²) in [6.07, 6.45) is 8.07. The number of ether oxygens (including phenoxy) is 1. The Morgan fingerprint density at radius 3 is 2.09 bits per heavy atom. The lowest BCUT2D eigenvalue weighted by Gasteiger charge is -2.63. The summed E-state index contributed by atoms with van der Waals surface area (Å²) in [4.78, 5) is 44.8. The van der Waals surface area contributed by atoms with E-state index in [0.717, 1.165) is 11.1 Å². The molecule has 3 aliphatic rings. The molecular formula is C37H48O6. The van der Waals surface area contributed by atoms with Crippen LogP contribution in [0.5, 0.6) is 11.5 Å². The molecule has 0 amide bonds. The average molecular weight is 589 g/mol. The van der Waals surface area contributed by atoms with Gasteiger partial charge in [-0.15, -0.1) is 0 Å². The van der Waals surface area contributed by atoms with E-state index >= 15 is 9.59 Å². The third-order valence-electron chi connectivity index (χ3n) is 10.3. The second kappa shape index (κ2) is 10.9. The summed E-state index contributed by atoms with van der Waals surface area (Å²) < 4.78 is 6.76. The summed E-state index contributed by atoms with van der Waals surface area (Å²) in [5.41, 5.74) is -1.02. The second-order valence-electron chi connectivity index (χ2n) is 14.8. The fourth-order valence-electron chi connectivity index (χ4n) is 7.58. The van der Waals surface area contributed by atoms with E-state index in [0.29, 0.717) is 19.3 Å². The lowest BCUT2D eigenvalue weighted by Crippen LogP contribution is -2.69. The molecule has 4 unspecified atom stereocenters. The molecule has 1 aliphatic heterocycles. The Hall–Kier alpha value is -3.41. The van der Waals surface area contributed by atoms with Gasteiger partial charge < -0.3 is 14.9 Å². The minimum absolute atomic E-state index is 0.0313. The number of phenolic OH excluding ortho intramolecular Hbond substituents is 2. The van der Waals surface area contributed by atoms with Gasteiger partial charge in [0.05, 0.1) is 5.41 Å². The zero-order valence-electron chi connectivity index (χ0n) is 27.5. The van der Waals surface area contributed by atoms with Crippen molar-refractivity contribution in [2.45, 2.75) is 101 Å². The molecule has 2 bridgehead atoms. The van der Waals surface area contributed by atoms with Crippen molar-refractivity contribution in [3.8, 4) is 11.5 Å². The number of carbonyl (C=O) groups is 3. The molecule has 1 spiro atoms. The molecular weight excluding hydrogens is 540 g/mol. The molecule has 6 nitrogen and oxygen atoms in total. The van der Waals surface area contributed by atoms with Gasteiger partial charge in [0.2, 0.25) is 0 Å². The van der Waals surface area contributed by atoms with Crippen LogP contribution in [0.2, 0.25) is 0 Å².